The van der Waals surface area contributed by atoms with Gasteiger partial charge in [-0.3, -0.25) is 9.69 Å². The molecule has 0 aliphatic carbocycles. The average molecular weight is 198 g/mol. The molecule has 2 rings (SSSR count). The highest BCUT2D eigenvalue weighted by Crippen LogP contribution is 2.36. The highest BCUT2D eigenvalue weighted by molar-refractivity contribution is 5.73. The lowest BCUT2D eigenvalue weighted by atomic mass is 9.95. The minimum atomic E-state index is -0.203. The fourth-order valence-corrected chi connectivity index (χ4v) is 2.63. The standard InChI is InChI=1S/C10H18N2O2/c11-9(13)2-6-12-5-1-3-10(12)4-7-14-8-10/h1-8H2,(H2,11,13). The number of hydrogen-bond donors (Lipinski definition) is 1. The lowest BCUT2D eigenvalue weighted by molar-refractivity contribution is -0.118. The van der Waals surface area contributed by atoms with E-state index in [1.807, 2.05) is 0 Å². The number of hydrogen-bond acceptors (Lipinski definition) is 3. The highest BCUT2D eigenvalue weighted by Gasteiger charge is 2.43. The number of nitrogens with two attached hydrogens (primary N) is 1. The molecule has 0 radical (unpaired) electrons. The van der Waals surface area contributed by atoms with Crippen LogP contribution in [-0.2, 0) is 9.53 Å². The summed E-state index contributed by atoms with van der Waals surface area (Å²) in [6.45, 7) is 3.61. The van der Waals surface area contributed by atoms with Crippen LogP contribution in [0.3, 0.4) is 0 Å². The quantitative estimate of drug-likeness (QED) is 0.700. The van der Waals surface area contributed by atoms with Gasteiger partial charge in [0.25, 0.3) is 0 Å². The molecule has 0 aromatic carbocycles. The van der Waals surface area contributed by atoms with Gasteiger partial charge >= 0.3 is 0 Å². The van der Waals surface area contributed by atoms with Crippen LogP contribution in [0.25, 0.3) is 0 Å². The van der Waals surface area contributed by atoms with Crippen LogP contribution >= 0.6 is 0 Å². The second-order valence-electron chi connectivity index (χ2n) is 4.33. The molecule has 0 aromatic heterocycles. The minimum absolute atomic E-state index is 0.203. The lowest BCUT2D eigenvalue weighted by Gasteiger charge is -2.33. The van der Waals surface area contributed by atoms with Crippen LogP contribution in [0.15, 0.2) is 0 Å². The van der Waals surface area contributed by atoms with E-state index in [0.717, 1.165) is 32.7 Å². The highest BCUT2D eigenvalue weighted by atomic mass is 16.5. The minimum Gasteiger partial charge on any atom is -0.379 e. The van der Waals surface area contributed by atoms with Crippen LogP contribution in [0, 0.1) is 0 Å². The van der Waals surface area contributed by atoms with Gasteiger partial charge in [-0.05, 0) is 25.8 Å². The topological polar surface area (TPSA) is 55.6 Å². The van der Waals surface area contributed by atoms with Crippen LogP contribution in [0.2, 0.25) is 0 Å². The molecule has 2 saturated heterocycles. The fourth-order valence-electron chi connectivity index (χ4n) is 2.63. The van der Waals surface area contributed by atoms with E-state index in [2.05, 4.69) is 4.90 Å². The molecule has 4 nitrogen and oxygen atoms in total. The predicted molar refractivity (Wildman–Crippen MR) is 52.8 cm³/mol. The van der Waals surface area contributed by atoms with Crippen molar-refractivity contribution in [3.05, 3.63) is 0 Å². The first-order chi connectivity index (χ1) is 6.73. The Hall–Kier alpha value is -0.610. The summed E-state index contributed by atoms with van der Waals surface area (Å²) in [5.74, 6) is -0.203. The summed E-state index contributed by atoms with van der Waals surface area (Å²) >= 11 is 0. The zero-order chi connectivity index (χ0) is 10.0. The van der Waals surface area contributed by atoms with Crippen molar-refractivity contribution in [1.82, 2.24) is 4.90 Å². The van der Waals surface area contributed by atoms with E-state index < -0.39 is 0 Å². The molecule has 1 atom stereocenters. The van der Waals surface area contributed by atoms with Gasteiger partial charge in [-0.1, -0.05) is 0 Å². The molecule has 2 aliphatic rings. The molecule has 2 heterocycles. The van der Waals surface area contributed by atoms with Gasteiger partial charge in [-0.15, -0.1) is 0 Å². The van der Waals surface area contributed by atoms with Crippen LogP contribution < -0.4 is 5.73 Å². The second kappa shape index (κ2) is 3.87. The predicted octanol–water partition coefficient (Wildman–Crippen LogP) is 0.117. The van der Waals surface area contributed by atoms with Crippen molar-refractivity contribution in [2.75, 3.05) is 26.3 Å². The number of carbonyl (C=O) groups is 1. The number of amides is 1. The molecule has 2 aliphatic heterocycles. The molecule has 4 heteroatoms. The van der Waals surface area contributed by atoms with E-state index in [0.29, 0.717) is 6.42 Å². The van der Waals surface area contributed by atoms with E-state index >= 15 is 0 Å². The van der Waals surface area contributed by atoms with Gasteiger partial charge in [0, 0.05) is 25.1 Å². The molecule has 2 fully saturated rings. The van der Waals surface area contributed by atoms with Crippen molar-refractivity contribution in [2.24, 2.45) is 5.73 Å². The number of likely N-dealkylation sites (tertiary alicyclic amines) is 1. The molecule has 0 saturated carbocycles. The van der Waals surface area contributed by atoms with Gasteiger partial charge in [0.1, 0.15) is 0 Å². The number of rotatable bonds is 3. The molecule has 0 aromatic rings. The smallest absolute Gasteiger partial charge is 0.218 e. The lowest BCUT2D eigenvalue weighted by Crippen LogP contribution is -2.45. The van der Waals surface area contributed by atoms with Crippen LogP contribution in [-0.4, -0.2) is 42.6 Å². The summed E-state index contributed by atoms with van der Waals surface area (Å²) in [7, 11) is 0. The maximum atomic E-state index is 10.7. The first kappa shape index (κ1) is 9.93. The Morgan fingerprint density at radius 2 is 2.36 bits per heavy atom. The van der Waals surface area contributed by atoms with Gasteiger partial charge < -0.3 is 10.5 Å². The SMILES string of the molecule is NC(=O)CCN1CCCC12CCOC2. The Labute approximate surface area is 84.4 Å². The van der Waals surface area contributed by atoms with Gasteiger partial charge in [0.15, 0.2) is 0 Å². The molecule has 1 amide bonds. The summed E-state index contributed by atoms with van der Waals surface area (Å²) < 4.78 is 5.46. The van der Waals surface area contributed by atoms with Gasteiger partial charge in [0.2, 0.25) is 5.91 Å². The first-order valence-electron chi connectivity index (χ1n) is 5.34. The maximum Gasteiger partial charge on any atom is 0.218 e. The van der Waals surface area contributed by atoms with Gasteiger partial charge in [-0.2, -0.15) is 0 Å². The summed E-state index contributed by atoms with van der Waals surface area (Å²) in [6.07, 6.45) is 4.03. The fraction of sp³-hybridized carbons (Fsp3) is 0.900. The summed E-state index contributed by atoms with van der Waals surface area (Å²) in [5, 5.41) is 0. The molecule has 1 unspecified atom stereocenters. The van der Waals surface area contributed by atoms with Crippen molar-refractivity contribution in [1.29, 1.82) is 0 Å². The second-order valence-corrected chi connectivity index (χ2v) is 4.33. The van der Waals surface area contributed by atoms with E-state index in [1.54, 1.807) is 0 Å². The van der Waals surface area contributed by atoms with Crippen LogP contribution in [0.5, 0.6) is 0 Å². The van der Waals surface area contributed by atoms with E-state index in [4.69, 9.17) is 10.5 Å². The van der Waals surface area contributed by atoms with Crippen LogP contribution in [0.1, 0.15) is 25.7 Å². The molecular weight excluding hydrogens is 180 g/mol. The van der Waals surface area contributed by atoms with Crippen LogP contribution in [0.4, 0.5) is 0 Å². The third-order valence-electron chi connectivity index (χ3n) is 3.45. The Kier molecular flexibility index (Phi) is 2.74. The van der Waals surface area contributed by atoms with Gasteiger partial charge in [0.05, 0.1) is 6.61 Å². The van der Waals surface area contributed by atoms with E-state index in [-0.39, 0.29) is 11.4 Å². The van der Waals surface area contributed by atoms with Crippen molar-refractivity contribution >= 4 is 5.91 Å². The number of nitrogens with zero attached hydrogens (tertiary/aromatic N) is 1. The Balaban J connectivity index is 1.93. The molecular formula is C10H18N2O2. The number of ether oxygens (including phenoxy) is 1. The van der Waals surface area contributed by atoms with Crippen molar-refractivity contribution in [3.63, 3.8) is 0 Å². The third kappa shape index (κ3) is 1.77. The van der Waals surface area contributed by atoms with Crippen molar-refractivity contribution in [3.8, 4) is 0 Å². The van der Waals surface area contributed by atoms with Gasteiger partial charge in [-0.25, -0.2) is 0 Å². The number of carbonyl (C=O) groups excluding carboxylic acids is 1. The van der Waals surface area contributed by atoms with Crippen molar-refractivity contribution < 1.29 is 9.53 Å². The zero-order valence-corrected chi connectivity index (χ0v) is 8.50. The first-order valence-corrected chi connectivity index (χ1v) is 5.34. The number of primary amides is 1. The van der Waals surface area contributed by atoms with E-state index in [1.165, 1.54) is 12.8 Å². The third-order valence-corrected chi connectivity index (χ3v) is 3.45. The van der Waals surface area contributed by atoms with E-state index in [9.17, 15) is 4.79 Å². The normalized spacial score (nSPS) is 32.9. The Bertz CT molecular complexity index is 219. The zero-order valence-electron chi connectivity index (χ0n) is 8.50. The molecule has 2 N–H and O–H groups in total. The summed E-state index contributed by atoms with van der Waals surface area (Å²) in [5.41, 5.74) is 5.41. The molecule has 80 valence electrons. The monoisotopic (exact) mass is 198 g/mol. The molecule has 14 heavy (non-hydrogen) atoms. The van der Waals surface area contributed by atoms with Crippen molar-refractivity contribution in [2.45, 2.75) is 31.2 Å². The summed E-state index contributed by atoms with van der Waals surface area (Å²) in [4.78, 5) is 13.1. The summed E-state index contributed by atoms with van der Waals surface area (Å²) in [6, 6.07) is 0. The Morgan fingerprint density at radius 1 is 1.50 bits per heavy atom. The maximum absolute atomic E-state index is 10.7. The largest absolute Gasteiger partial charge is 0.379 e. The Morgan fingerprint density at radius 3 is 3.00 bits per heavy atom. The molecule has 0 bridgehead atoms. The molecule has 1 spiro atoms. The average Bonchev–Trinajstić information content (AvgIpc) is 2.74.